The Hall–Kier alpha value is -3.72. The Bertz CT molecular complexity index is 1500. The van der Waals surface area contributed by atoms with Gasteiger partial charge in [-0.15, -0.1) is 5.10 Å². The molecule has 9 nitrogen and oxygen atoms in total. The average molecular weight is 514 g/mol. The predicted molar refractivity (Wildman–Crippen MR) is 148 cm³/mol. The number of methoxy groups -OCH3 is 1. The van der Waals surface area contributed by atoms with Crippen LogP contribution >= 0.6 is 0 Å². The molecule has 1 saturated carbocycles. The first kappa shape index (κ1) is 24.6. The Balaban J connectivity index is 1.40. The average Bonchev–Trinajstić information content (AvgIpc) is 3.65. The molecule has 0 amide bonds. The van der Waals surface area contributed by atoms with Gasteiger partial charge in [-0.25, -0.2) is 4.68 Å². The van der Waals surface area contributed by atoms with E-state index in [2.05, 4.69) is 62.4 Å². The number of tetrazole rings is 1. The maximum absolute atomic E-state index is 13.7. The lowest BCUT2D eigenvalue weighted by Crippen LogP contribution is -2.49. The van der Waals surface area contributed by atoms with Crippen molar-refractivity contribution in [2.75, 3.05) is 38.2 Å². The van der Waals surface area contributed by atoms with Crippen LogP contribution < -0.4 is 15.2 Å². The molecule has 1 atom stereocenters. The highest BCUT2D eigenvalue weighted by atomic mass is 16.5. The molecule has 2 aromatic carbocycles. The lowest BCUT2D eigenvalue weighted by atomic mass is 9.99. The van der Waals surface area contributed by atoms with E-state index in [4.69, 9.17) is 4.74 Å². The number of rotatable bonds is 6. The Labute approximate surface area is 222 Å². The van der Waals surface area contributed by atoms with Gasteiger partial charge in [0.2, 0.25) is 0 Å². The number of nitrogens with zero attached hydrogens (tertiary/aromatic N) is 6. The molecule has 1 aliphatic carbocycles. The third-order valence-corrected chi connectivity index (χ3v) is 8.41. The van der Waals surface area contributed by atoms with Crippen molar-refractivity contribution in [3.63, 3.8) is 0 Å². The first-order valence-corrected chi connectivity index (χ1v) is 13.6. The van der Waals surface area contributed by atoms with Crippen molar-refractivity contribution >= 4 is 16.6 Å². The minimum atomic E-state index is -0.333. The maximum atomic E-state index is 13.7. The highest BCUT2D eigenvalue weighted by Gasteiger charge is 2.35. The quantitative estimate of drug-likeness (QED) is 0.414. The molecule has 0 unspecified atom stereocenters. The highest BCUT2D eigenvalue weighted by molar-refractivity contribution is 5.83. The Morgan fingerprint density at radius 2 is 1.79 bits per heavy atom. The van der Waals surface area contributed by atoms with Crippen LogP contribution in [0.2, 0.25) is 0 Å². The minimum absolute atomic E-state index is 0.0793. The van der Waals surface area contributed by atoms with E-state index in [9.17, 15) is 4.79 Å². The number of hydrogen-bond donors (Lipinski definition) is 1. The molecule has 0 radical (unpaired) electrons. The number of ether oxygens (including phenoxy) is 1. The predicted octanol–water partition coefficient (Wildman–Crippen LogP) is 4.17. The summed E-state index contributed by atoms with van der Waals surface area (Å²) in [4.78, 5) is 21.6. The molecule has 38 heavy (non-hydrogen) atoms. The monoisotopic (exact) mass is 513 g/mol. The number of aryl methyl sites for hydroxylation is 2. The fourth-order valence-electron chi connectivity index (χ4n) is 6.15. The van der Waals surface area contributed by atoms with Crippen LogP contribution in [0.4, 0.5) is 5.69 Å². The van der Waals surface area contributed by atoms with Gasteiger partial charge in [0.05, 0.1) is 24.4 Å². The molecular formula is C29H35N7O2. The van der Waals surface area contributed by atoms with E-state index < -0.39 is 0 Å². The number of H-pyrrole nitrogens is 1. The van der Waals surface area contributed by atoms with Crippen molar-refractivity contribution in [1.29, 1.82) is 0 Å². The molecule has 198 valence electrons. The van der Waals surface area contributed by atoms with Gasteiger partial charge in [-0.2, -0.15) is 0 Å². The molecule has 1 N–H and O–H groups in total. The van der Waals surface area contributed by atoms with Crippen LogP contribution in [0.5, 0.6) is 5.75 Å². The van der Waals surface area contributed by atoms with Gasteiger partial charge in [0.25, 0.3) is 5.56 Å². The topological polar surface area (TPSA) is 92.2 Å². The van der Waals surface area contributed by atoms with E-state index in [1.54, 1.807) is 7.11 Å². The Kier molecular flexibility index (Phi) is 6.61. The second kappa shape index (κ2) is 10.2. The molecule has 1 saturated heterocycles. The summed E-state index contributed by atoms with van der Waals surface area (Å²) in [6.45, 7) is 7.29. The zero-order valence-electron chi connectivity index (χ0n) is 22.4. The van der Waals surface area contributed by atoms with Gasteiger partial charge in [-0.3, -0.25) is 9.69 Å². The first-order chi connectivity index (χ1) is 18.5. The second-order valence-corrected chi connectivity index (χ2v) is 10.5. The summed E-state index contributed by atoms with van der Waals surface area (Å²) in [5.41, 5.74) is 4.87. The number of nitrogens with one attached hydrogen (secondary N) is 1. The largest absolute Gasteiger partial charge is 0.495 e. The van der Waals surface area contributed by atoms with Crippen molar-refractivity contribution in [2.24, 2.45) is 0 Å². The summed E-state index contributed by atoms with van der Waals surface area (Å²) in [6.07, 6.45) is 4.50. The van der Waals surface area contributed by atoms with Crippen molar-refractivity contribution in [3.8, 4) is 5.75 Å². The van der Waals surface area contributed by atoms with E-state index in [1.807, 2.05) is 28.9 Å². The van der Waals surface area contributed by atoms with Gasteiger partial charge in [-0.05, 0) is 71.8 Å². The number of anilines is 1. The normalized spacial score (nSPS) is 17.8. The van der Waals surface area contributed by atoms with Gasteiger partial charge in [0.15, 0.2) is 5.82 Å². The molecule has 0 spiro atoms. The summed E-state index contributed by atoms with van der Waals surface area (Å²) >= 11 is 0. The van der Waals surface area contributed by atoms with Crippen LogP contribution in [0, 0.1) is 13.8 Å². The molecule has 2 aromatic heterocycles. The van der Waals surface area contributed by atoms with Gasteiger partial charge >= 0.3 is 0 Å². The molecule has 4 aromatic rings. The standard InChI is InChI=1S/C29H35N7O2/c1-19-12-13-21-18-23(29(37)30-26(21)20(19)2)27(28-31-32-33-36(28)22-8-4-5-9-22)35-16-14-34(15-17-35)24-10-6-7-11-25(24)38-3/h6-7,10-13,18,22,27H,4-5,8-9,14-17H2,1-3H3,(H,30,37)/t27-/m1/s1. The first-order valence-electron chi connectivity index (χ1n) is 13.6. The molecule has 9 heteroatoms. The second-order valence-electron chi connectivity index (χ2n) is 10.5. The summed E-state index contributed by atoms with van der Waals surface area (Å²) in [6, 6.07) is 14.3. The number of aromatic amines is 1. The number of benzene rings is 2. The van der Waals surface area contributed by atoms with Gasteiger partial charge in [0, 0.05) is 31.7 Å². The van der Waals surface area contributed by atoms with Gasteiger partial charge in [-0.1, -0.05) is 37.1 Å². The molecule has 3 heterocycles. The van der Waals surface area contributed by atoms with Crippen LogP contribution in [-0.4, -0.2) is 63.4 Å². The van der Waals surface area contributed by atoms with E-state index in [1.165, 1.54) is 12.8 Å². The number of piperazine rings is 1. The van der Waals surface area contributed by atoms with Crippen LogP contribution in [0.15, 0.2) is 47.3 Å². The molecule has 6 rings (SSSR count). The Morgan fingerprint density at radius 3 is 2.55 bits per heavy atom. The lowest BCUT2D eigenvalue weighted by Gasteiger charge is -2.40. The van der Waals surface area contributed by atoms with Crippen LogP contribution in [0.25, 0.3) is 10.9 Å². The lowest BCUT2D eigenvalue weighted by molar-refractivity contribution is 0.196. The van der Waals surface area contributed by atoms with Crippen molar-refractivity contribution in [2.45, 2.75) is 51.6 Å². The fraction of sp³-hybridized carbons (Fsp3) is 0.448. The molecular weight excluding hydrogens is 478 g/mol. The van der Waals surface area contributed by atoms with Crippen molar-refractivity contribution in [3.05, 3.63) is 75.3 Å². The number of aromatic nitrogens is 5. The summed E-state index contributed by atoms with van der Waals surface area (Å²) < 4.78 is 7.61. The minimum Gasteiger partial charge on any atom is -0.495 e. The van der Waals surface area contributed by atoms with E-state index in [0.29, 0.717) is 5.56 Å². The van der Waals surface area contributed by atoms with Crippen molar-refractivity contribution in [1.82, 2.24) is 30.1 Å². The smallest absolute Gasteiger partial charge is 0.253 e. The molecule has 0 bridgehead atoms. The molecule has 1 aliphatic heterocycles. The zero-order chi connectivity index (χ0) is 26.2. The number of fused-ring (bicyclic) bond motifs is 1. The van der Waals surface area contributed by atoms with E-state index in [-0.39, 0.29) is 17.6 Å². The maximum Gasteiger partial charge on any atom is 0.253 e. The van der Waals surface area contributed by atoms with E-state index >= 15 is 0 Å². The summed E-state index contributed by atoms with van der Waals surface area (Å²) in [7, 11) is 1.71. The molecule has 2 fully saturated rings. The third kappa shape index (κ3) is 4.34. The Morgan fingerprint density at radius 1 is 1.03 bits per heavy atom. The van der Waals surface area contributed by atoms with Gasteiger partial charge in [0.1, 0.15) is 11.8 Å². The summed E-state index contributed by atoms with van der Waals surface area (Å²) in [5.74, 6) is 1.63. The van der Waals surface area contributed by atoms with Crippen LogP contribution in [0.1, 0.15) is 60.3 Å². The number of hydrogen-bond acceptors (Lipinski definition) is 7. The zero-order valence-corrected chi connectivity index (χ0v) is 22.4. The van der Waals surface area contributed by atoms with Gasteiger partial charge < -0.3 is 14.6 Å². The third-order valence-electron chi connectivity index (χ3n) is 8.41. The highest BCUT2D eigenvalue weighted by Crippen LogP contribution is 2.35. The number of pyridine rings is 1. The molecule has 2 aliphatic rings. The SMILES string of the molecule is COc1ccccc1N1CCN([C@H](c2cc3ccc(C)c(C)c3[nH]c2=O)c2nnnn2C2CCCC2)CC1. The summed E-state index contributed by atoms with van der Waals surface area (Å²) in [5, 5.41) is 14.1. The van der Waals surface area contributed by atoms with Crippen molar-refractivity contribution < 1.29 is 4.74 Å². The number of para-hydroxylation sites is 2. The van der Waals surface area contributed by atoms with E-state index in [0.717, 1.165) is 78.3 Å². The van der Waals surface area contributed by atoms with Crippen LogP contribution in [0.3, 0.4) is 0 Å². The van der Waals surface area contributed by atoms with Crippen LogP contribution in [-0.2, 0) is 0 Å². The fourth-order valence-corrected chi connectivity index (χ4v) is 6.15.